The Hall–Kier alpha value is -0.620. The number of sulfonamides is 1. The van der Waals surface area contributed by atoms with Crippen LogP contribution in [0.4, 0.5) is 0 Å². The lowest BCUT2D eigenvalue weighted by Gasteiger charge is -2.35. The smallest absolute Gasteiger partial charge is 0.243 e. The predicted octanol–water partition coefficient (Wildman–Crippen LogP) is 1.84. The van der Waals surface area contributed by atoms with Crippen molar-refractivity contribution in [1.82, 2.24) is 4.31 Å². The number of hydrogen-bond donors (Lipinski definition) is 1. The van der Waals surface area contributed by atoms with Crippen molar-refractivity contribution < 1.29 is 8.42 Å². The highest BCUT2D eigenvalue weighted by Gasteiger charge is 2.33. The first kappa shape index (κ1) is 13.8. The van der Waals surface area contributed by atoms with Gasteiger partial charge in [0.15, 0.2) is 0 Å². The van der Waals surface area contributed by atoms with E-state index in [0.717, 1.165) is 0 Å². The maximum atomic E-state index is 12.5. The van der Waals surface area contributed by atoms with Gasteiger partial charge in [-0.05, 0) is 44.0 Å². The third-order valence-electron chi connectivity index (χ3n) is 3.28. The van der Waals surface area contributed by atoms with Crippen LogP contribution in [0.5, 0.6) is 0 Å². The minimum Gasteiger partial charge on any atom is -0.328 e. The monoisotopic (exact) mass is 288 g/mol. The first-order chi connectivity index (χ1) is 8.41. The molecule has 1 aliphatic rings. The highest BCUT2D eigenvalue weighted by Crippen LogP contribution is 2.25. The summed E-state index contributed by atoms with van der Waals surface area (Å²) in [5.41, 5.74) is 5.85. The molecule has 1 fully saturated rings. The van der Waals surface area contributed by atoms with Gasteiger partial charge in [0, 0.05) is 23.7 Å². The number of hydrogen-bond acceptors (Lipinski definition) is 3. The number of nitrogens with two attached hydrogens (primary N) is 1. The zero-order valence-corrected chi connectivity index (χ0v) is 11.8. The van der Waals surface area contributed by atoms with E-state index in [1.165, 1.54) is 4.31 Å². The molecule has 0 aliphatic carbocycles. The molecule has 0 spiro atoms. The molecule has 1 heterocycles. The van der Waals surface area contributed by atoms with Crippen LogP contribution >= 0.6 is 11.6 Å². The molecule has 1 saturated heterocycles. The van der Waals surface area contributed by atoms with Crippen LogP contribution in [0.15, 0.2) is 29.2 Å². The Kier molecular flexibility index (Phi) is 3.96. The lowest BCUT2D eigenvalue weighted by molar-refractivity contribution is 0.247. The Bertz CT molecular complexity index is 515. The van der Waals surface area contributed by atoms with Crippen molar-refractivity contribution in [3.63, 3.8) is 0 Å². The van der Waals surface area contributed by atoms with Crippen LogP contribution in [0.25, 0.3) is 0 Å². The molecule has 2 atom stereocenters. The number of piperidine rings is 1. The Labute approximate surface area is 113 Å². The molecule has 2 rings (SSSR count). The van der Waals surface area contributed by atoms with Crippen LogP contribution < -0.4 is 5.73 Å². The molecule has 1 aromatic rings. The average molecular weight is 289 g/mol. The normalized spacial score (nSPS) is 26.2. The van der Waals surface area contributed by atoms with E-state index in [1.807, 2.05) is 6.92 Å². The summed E-state index contributed by atoms with van der Waals surface area (Å²) in [4.78, 5) is 0.286. The van der Waals surface area contributed by atoms with E-state index in [9.17, 15) is 8.42 Å². The largest absolute Gasteiger partial charge is 0.328 e. The van der Waals surface area contributed by atoms with Crippen molar-refractivity contribution in [3.8, 4) is 0 Å². The van der Waals surface area contributed by atoms with E-state index in [0.29, 0.717) is 24.4 Å². The van der Waals surface area contributed by atoms with E-state index in [-0.39, 0.29) is 17.0 Å². The van der Waals surface area contributed by atoms with Crippen molar-refractivity contribution in [2.75, 3.05) is 6.54 Å². The summed E-state index contributed by atoms with van der Waals surface area (Å²) >= 11 is 5.77. The fourth-order valence-electron chi connectivity index (χ4n) is 2.29. The standard InChI is InChI=1S/C12H17ClN2O2S/c1-9-8-11(14)6-7-15(9)18(16,17)12-4-2-10(13)3-5-12/h2-5,9,11H,6-8,14H2,1H3. The summed E-state index contributed by atoms with van der Waals surface area (Å²) in [6, 6.07) is 6.30. The summed E-state index contributed by atoms with van der Waals surface area (Å²) in [5.74, 6) is 0. The Balaban J connectivity index is 2.28. The SMILES string of the molecule is CC1CC(N)CCN1S(=O)(=O)c1ccc(Cl)cc1. The highest BCUT2D eigenvalue weighted by atomic mass is 35.5. The van der Waals surface area contributed by atoms with Gasteiger partial charge in [-0.2, -0.15) is 4.31 Å². The van der Waals surface area contributed by atoms with E-state index < -0.39 is 10.0 Å². The average Bonchev–Trinajstić information content (AvgIpc) is 2.29. The third kappa shape index (κ3) is 2.69. The van der Waals surface area contributed by atoms with Gasteiger partial charge >= 0.3 is 0 Å². The van der Waals surface area contributed by atoms with Crippen molar-refractivity contribution in [2.45, 2.75) is 36.7 Å². The Morgan fingerprint density at radius 1 is 1.33 bits per heavy atom. The molecule has 6 heteroatoms. The molecular weight excluding hydrogens is 272 g/mol. The molecule has 0 saturated carbocycles. The summed E-state index contributed by atoms with van der Waals surface area (Å²) < 4.78 is 26.4. The third-order valence-corrected chi connectivity index (χ3v) is 5.56. The molecular formula is C12H17ClN2O2S. The second-order valence-electron chi connectivity index (χ2n) is 4.70. The molecule has 2 N–H and O–H groups in total. The molecule has 0 radical (unpaired) electrons. The molecule has 100 valence electrons. The highest BCUT2D eigenvalue weighted by molar-refractivity contribution is 7.89. The quantitative estimate of drug-likeness (QED) is 0.903. The van der Waals surface area contributed by atoms with E-state index in [1.54, 1.807) is 24.3 Å². The van der Waals surface area contributed by atoms with Gasteiger partial charge in [0.2, 0.25) is 10.0 Å². The molecule has 1 aromatic carbocycles. The molecule has 0 bridgehead atoms. The van der Waals surface area contributed by atoms with Gasteiger partial charge in [-0.15, -0.1) is 0 Å². The van der Waals surface area contributed by atoms with E-state index >= 15 is 0 Å². The van der Waals surface area contributed by atoms with Crippen molar-refractivity contribution in [1.29, 1.82) is 0 Å². The second kappa shape index (κ2) is 5.17. The number of halogens is 1. The van der Waals surface area contributed by atoms with Crippen molar-refractivity contribution in [3.05, 3.63) is 29.3 Å². The maximum Gasteiger partial charge on any atom is 0.243 e. The van der Waals surface area contributed by atoms with Crippen LogP contribution in [0.2, 0.25) is 5.02 Å². The first-order valence-corrected chi connectivity index (χ1v) is 7.76. The zero-order chi connectivity index (χ0) is 13.3. The minimum absolute atomic E-state index is 0.0607. The van der Waals surface area contributed by atoms with Crippen LogP contribution in [-0.2, 0) is 10.0 Å². The fourth-order valence-corrected chi connectivity index (χ4v) is 4.07. The van der Waals surface area contributed by atoms with Crippen molar-refractivity contribution >= 4 is 21.6 Å². The van der Waals surface area contributed by atoms with Crippen LogP contribution in [0, 0.1) is 0 Å². The first-order valence-electron chi connectivity index (χ1n) is 5.94. The predicted molar refractivity (Wildman–Crippen MR) is 72.0 cm³/mol. The van der Waals surface area contributed by atoms with Crippen LogP contribution in [0.1, 0.15) is 19.8 Å². The zero-order valence-electron chi connectivity index (χ0n) is 10.2. The molecule has 0 aromatic heterocycles. The fraction of sp³-hybridized carbons (Fsp3) is 0.500. The molecule has 0 amide bonds. The summed E-state index contributed by atoms with van der Waals surface area (Å²) in [6.45, 7) is 2.37. The number of nitrogens with zero attached hydrogens (tertiary/aromatic N) is 1. The van der Waals surface area contributed by atoms with E-state index in [2.05, 4.69) is 0 Å². The van der Waals surface area contributed by atoms with Gasteiger partial charge in [-0.3, -0.25) is 0 Å². The van der Waals surface area contributed by atoms with Crippen molar-refractivity contribution in [2.24, 2.45) is 5.73 Å². The second-order valence-corrected chi connectivity index (χ2v) is 7.03. The summed E-state index contributed by atoms with van der Waals surface area (Å²) in [6.07, 6.45) is 1.41. The van der Waals surface area contributed by atoms with Gasteiger partial charge in [0.1, 0.15) is 0 Å². The van der Waals surface area contributed by atoms with Gasteiger partial charge in [-0.25, -0.2) is 8.42 Å². The lowest BCUT2D eigenvalue weighted by atomic mass is 10.0. The van der Waals surface area contributed by atoms with Gasteiger partial charge in [0.05, 0.1) is 4.90 Å². The Morgan fingerprint density at radius 2 is 1.94 bits per heavy atom. The van der Waals surface area contributed by atoms with E-state index in [4.69, 9.17) is 17.3 Å². The van der Waals surface area contributed by atoms with Gasteiger partial charge < -0.3 is 5.73 Å². The molecule has 1 aliphatic heterocycles. The number of rotatable bonds is 2. The number of benzene rings is 1. The van der Waals surface area contributed by atoms with Crippen LogP contribution in [0.3, 0.4) is 0 Å². The topological polar surface area (TPSA) is 63.4 Å². The van der Waals surface area contributed by atoms with Gasteiger partial charge in [-0.1, -0.05) is 11.6 Å². The lowest BCUT2D eigenvalue weighted by Crippen LogP contribution is -2.48. The Morgan fingerprint density at radius 3 is 2.50 bits per heavy atom. The summed E-state index contributed by atoms with van der Waals surface area (Å²) in [5, 5.41) is 0.530. The molecule has 2 unspecified atom stereocenters. The molecule has 4 nitrogen and oxygen atoms in total. The maximum absolute atomic E-state index is 12.5. The summed E-state index contributed by atoms with van der Waals surface area (Å²) in [7, 11) is -3.43. The van der Waals surface area contributed by atoms with Gasteiger partial charge in [0.25, 0.3) is 0 Å². The minimum atomic E-state index is -3.43. The molecule has 18 heavy (non-hydrogen) atoms. The van der Waals surface area contributed by atoms with Crippen LogP contribution in [-0.4, -0.2) is 31.4 Å².